The van der Waals surface area contributed by atoms with Crippen LogP contribution in [0.3, 0.4) is 0 Å². The summed E-state index contributed by atoms with van der Waals surface area (Å²) in [7, 11) is 0. The first kappa shape index (κ1) is 19.4. The van der Waals surface area contributed by atoms with Gasteiger partial charge < -0.3 is 10.1 Å². The van der Waals surface area contributed by atoms with Crippen LogP contribution < -0.4 is 5.32 Å². The van der Waals surface area contributed by atoms with E-state index in [1.165, 1.54) is 6.07 Å². The lowest BCUT2D eigenvalue weighted by molar-refractivity contribution is -0.124. The average molecular weight is 353 g/mol. The molecule has 0 aliphatic carbocycles. The Balaban J connectivity index is 2.12. The van der Waals surface area contributed by atoms with E-state index in [4.69, 9.17) is 4.74 Å². The van der Waals surface area contributed by atoms with Crippen LogP contribution in [0.5, 0.6) is 0 Å². The van der Waals surface area contributed by atoms with E-state index in [0.717, 1.165) is 12.0 Å². The molecule has 0 bridgehead atoms. The molecule has 136 valence electrons. The van der Waals surface area contributed by atoms with Crippen LogP contribution in [-0.2, 0) is 9.53 Å². The highest BCUT2D eigenvalue weighted by Gasteiger charge is 2.20. The number of nitrogens with one attached hydrogen (secondary N) is 1. The molecule has 0 heterocycles. The molecule has 2 aromatic rings. The fraction of sp³-hybridized carbons (Fsp3) is 0.286. The SMILES string of the molecule is CC[C@H](C)NC(=O)COC(=O)c1ccccc1C(=O)c1ccc(C)cc1. The second kappa shape index (κ2) is 8.94. The molecule has 0 aromatic heterocycles. The van der Waals surface area contributed by atoms with Crippen LogP contribution in [0.15, 0.2) is 48.5 Å². The van der Waals surface area contributed by atoms with Crippen molar-refractivity contribution >= 4 is 17.7 Å². The van der Waals surface area contributed by atoms with E-state index in [-0.39, 0.29) is 35.5 Å². The summed E-state index contributed by atoms with van der Waals surface area (Å²) in [5, 5.41) is 2.72. The van der Waals surface area contributed by atoms with Crippen molar-refractivity contribution in [3.63, 3.8) is 0 Å². The Morgan fingerprint density at radius 2 is 1.62 bits per heavy atom. The Kier molecular flexibility index (Phi) is 6.67. The molecule has 0 spiro atoms. The maximum atomic E-state index is 12.7. The van der Waals surface area contributed by atoms with Crippen molar-refractivity contribution in [2.75, 3.05) is 6.61 Å². The first-order valence-corrected chi connectivity index (χ1v) is 8.59. The van der Waals surface area contributed by atoms with Crippen LogP contribution in [-0.4, -0.2) is 30.3 Å². The van der Waals surface area contributed by atoms with Crippen molar-refractivity contribution in [2.24, 2.45) is 0 Å². The Morgan fingerprint density at radius 1 is 1.00 bits per heavy atom. The average Bonchev–Trinajstić information content (AvgIpc) is 2.66. The molecule has 0 aliphatic rings. The number of hydrogen-bond donors (Lipinski definition) is 1. The summed E-state index contributed by atoms with van der Waals surface area (Å²) in [6, 6.07) is 13.6. The number of amides is 1. The number of carbonyl (C=O) groups is 3. The molecule has 0 saturated carbocycles. The lowest BCUT2D eigenvalue weighted by Crippen LogP contribution is -2.35. The highest BCUT2D eigenvalue weighted by molar-refractivity contribution is 6.14. The number of aryl methyl sites for hydroxylation is 1. The van der Waals surface area contributed by atoms with Crippen molar-refractivity contribution in [3.8, 4) is 0 Å². The van der Waals surface area contributed by atoms with Crippen LogP contribution in [0.25, 0.3) is 0 Å². The second-order valence-corrected chi connectivity index (χ2v) is 6.19. The number of hydrogen-bond acceptors (Lipinski definition) is 4. The minimum absolute atomic E-state index is 0.0107. The maximum Gasteiger partial charge on any atom is 0.339 e. The zero-order chi connectivity index (χ0) is 19.1. The number of esters is 1. The quantitative estimate of drug-likeness (QED) is 0.612. The largest absolute Gasteiger partial charge is 0.452 e. The summed E-state index contributed by atoms with van der Waals surface area (Å²) < 4.78 is 5.08. The lowest BCUT2D eigenvalue weighted by atomic mass is 9.98. The predicted octanol–water partition coefficient (Wildman–Crippen LogP) is 3.30. The Bertz CT molecular complexity index is 796. The van der Waals surface area contributed by atoms with E-state index < -0.39 is 5.97 Å². The molecule has 0 saturated heterocycles. The van der Waals surface area contributed by atoms with Crippen LogP contribution in [0.2, 0.25) is 0 Å². The van der Waals surface area contributed by atoms with E-state index in [2.05, 4.69) is 5.32 Å². The summed E-state index contributed by atoms with van der Waals surface area (Å²) in [4.78, 5) is 36.8. The topological polar surface area (TPSA) is 72.5 Å². The molecule has 5 heteroatoms. The lowest BCUT2D eigenvalue weighted by Gasteiger charge is -2.12. The van der Waals surface area contributed by atoms with Crippen molar-refractivity contribution in [2.45, 2.75) is 33.2 Å². The van der Waals surface area contributed by atoms with Gasteiger partial charge >= 0.3 is 5.97 Å². The zero-order valence-corrected chi connectivity index (χ0v) is 15.2. The number of ether oxygens (including phenoxy) is 1. The molecular formula is C21H23NO4. The van der Waals surface area contributed by atoms with Gasteiger partial charge in [0.25, 0.3) is 5.91 Å². The summed E-state index contributed by atoms with van der Waals surface area (Å²) in [5.41, 5.74) is 1.94. The van der Waals surface area contributed by atoms with Gasteiger partial charge in [0, 0.05) is 17.2 Å². The van der Waals surface area contributed by atoms with Crippen molar-refractivity contribution < 1.29 is 19.1 Å². The number of benzene rings is 2. The molecule has 0 unspecified atom stereocenters. The normalized spacial score (nSPS) is 11.5. The van der Waals surface area contributed by atoms with Crippen LogP contribution in [0, 0.1) is 6.92 Å². The van der Waals surface area contributed by atoms with Gasteiger partial charge in [0.2, 0.25) is 0 Å². The third kappa shape index (κ3) is 5.02. The van der Waals surface area contributed by atoms with Gasteiger partial charge in [-0.1, -0.05) is 55.0 Å². The van der Waals surface area contributed by atoms with E-state index in [1.54, 1.807) is 30.3 Å². The third-order valence-corrected chi connectivity index (χ3v) is 4.06. The Hall–Kier alpha value is -2.95. The molecular weight excluding hydrogens is 330 g/mol. The van der Waals surface area contributed by atoms with Crippen LogP contribution in [0.4, 0.5) is 0 Å². The van der Waals surface area contributed by atoms with Gasteiger partial charge in [-0.25, -0.2) is 4.79 Å². The van der Waals surface area contributed by atoms with Crippen molar-refractivity contribution in [1.29, 1.82) is 0 Å². The number of ketones is 1. The molecule has 5 nitrogen and oxygen atoms in total. The monoisotopic (exact) mass is 353 g/mol. The minimum atomic E-state index is -0.694. The molecule has 2 rings (SSSR count). The van der Waals surface area contributed by atoms with Crippen LogP contribution in [0.1, 0.15) is 52.1 Å². The van der Waals surface area contributed by atoms with Crippen molar-refractivity contribution in [3.05, 3.63) is 70.8 Å². The number of rotatable bonds is 7. The second-order valence-electron chi connectivity index (χ2n) is 6.19. The Morgan fingerprint density at radius 3 is 2.23 bits per heavy atom. The fourth-order valence-electron chi connectivity index (χ4n) is 2.35. The van der Waals surface area contributed by atoms with E-state index in [0.29, 0.717) is 5.56 Å². The molecule has 0 aliphatic heterocycles. The standard InChI is InChI=1S/C21H23NO4/c1-4-15(3)22-19(23)13-26-21(25)18-8-6-5-7-17(18)20(24)16-11-9-14(2)10-12-16/h5-12,15H,4,13H2,1-3H3,(H,22,23)/t15-/m0/s1. The third-order valence-electron chi connectivity index (χ3n) is 4.06. The molecule has 2 aromatic carbocycles. The first-order chi connectivity index (χ1) is 12.4. The summed E-state index contributed by atoms with van der Waals surface area (Å²) >= 11 is 0. The summed E-state index contributed by atoms with van der Waals surface area (Å²) in [5.74, 6) is -1.32. The molecule has 0 radical (unpaired) electrons. The summed E-state index contributed by atoms with van der Waals surface area (Å²) in [6.45, 7) is 5.37. The maximum absolute atomic E-state index is 12.7. The molecule has 1 amide bonds. The van der Waals surface area contributed by atoms with Gasteiger partial charge in [-0.2, -0.15) is 0 Å². The van der Waals surface area contributed by atoms with E-state index in [1.807, 2.05) is 32.9 Å². The van der Waals surface area contributed by atoms with Gasteiger partial charge in [-0.05, 0) is 26.3 Å². The molecule has 26 heavy (non-hydrogen) atoms. The first-order valence-electron chi connectivity index (χ1n) is 8.59. The fourth-order valence-corrected chi connectivity index (χ4v) is 2.35. The summed E-state index contributed by atoms with van der Waals surface area (Å²) in [6.07, 6.45) is 0.785. The van der Waals surface area contributed by atoms with Gasteiger partial charge in [0.1, 0.15) is 0 Å². The minimum Gasteiger partial charge on any atom is -0.452 e. The number of carbonyl (C=O) groups excluding carboxylic acids is 3. The van der Waals surface area contributed by atoms with Crippen LogP contribution >= 0.6 is 0 Å². The molecule has 1 N–H and O–H groups in total. The highest BCUT2D eigenvalue weighted by atomic mass is 16.5. The van der Waals surface area contributed by atoms with E-state index >= 15 is 0 Å². The van der Waals surface area contributed by atoms with Crippen molar-refractivity contribution in [1.82, 2.24) is 5.32 Å². The van der Waals surface area contributed by atoms with Gasteiger partial charge in [-0.15, -0.1) is 0 Å². The highest BCUT2D eigenvalue weighted by Crippen LogP contribution is 2.16. The van der Waals surface area contributed by atoms with Gasteiger partial charge in [-0.3, -0.25) is 9.59 Å². The van der Waals surface area contributed by atoms with Gasteiger partial charge in [0.15, 0.2) is 12.4 Å². The predicted molar refractivity (Wildman–Crippen MR) is 99.2 cm³/mol. The van der Waals surface area contributed by atoms with E-state index in [9.17, 15) is 14.4 Å². The zero-order valence-electron chi connectivity index (χ0n) is 15.2. The van der Waals surface area contributed by atoms with Gasteiger partial charge in [0.05, 0.1) is 5.56 Å². The molecule has 1 atom stereocenters. The smallest absolute Gasteiger partial charge is 0.339 e. The Labute approximate surface area is 153 Å². The molecule has 0 fully saturated rings.